The lowest BCUT2D eigenvalue weighted by atomic mass is 9.93. The van der Waals surface area contributed by atoms with E-state index in [4.69, 9.17) is 11.6 Å². The summed E-state index contributed by atoms with van der Waals surface area (Å²) in [6.07, 6.45) is 1.10. The molecule has 1 unspecified atom stereocenters. The second-order valence-corrected chi connectivity index (χ2v) is 6.80. The summed E-state index contributed by atoms with van der Waals surface area (Å²) in [5.74, 6) is 0. The van der Waals surface area contributed by atoms with Crippen molar-refractivity contribution in [1.82, 2.24) is 5.32 Å². The van der Waals surface area contributed by atoms with Crippen molar-refractivity contribution in [3.8, 4) is 0 Å². The van der Waals surface area contributed by atoms with Gasteiger partial charge in [-0.3, -0.25) is 0 Å². The average Bonchev–Trinajstić information content (AvgIpc) is 2.40. The number of nitrogens with one attached hydrogen (secondary N) is 1. The Kier molecular flexibility index (Phi) is 5.86. The molecule has 1 nitrogen and oxygen atoms in total. The zero-order valence-corrected chi connectivity index (χ0v) is 15.1. The van der Waals surface area contributed by atoms with Crippen LogP contribution in [0, 0.1) is 13.8 Å². The molecule has 2 rings (SSSR count). The first kappa shape index (κ1) is 16.5. The Labute approximate surface area is 140 Å². The van der Waals surface area contributed by atoms with Gasteiger partial charge < -0.3 is 5.32 Å². The van der Waals surface area contributed by atoms with Crippen molar-refractivity contribution in [3.05, 3.63) is 68.1 Å². The summed E-state index contributed by atoms with van der Waals surface area (Å²) in [5, 5.41) is 4.39. The van der Waals surface area contributed by atoms with Crippen molar-refractivity contribution in [3.63, 3.8) is 0 Å². The SMILES string of the molecule is CCCNC(c1cc(Cl)cc(Br)c1)c1ccc(C)cc1C. The van der Waals surface area contributed by atoms with Crippen LogP contribution in [0.4, 0.5) is 0 Å². The average molecular weight is 367 g/mol. The van der Waals surface area contributed by atoms with Gasteiger partial charge in [0.15, 0.2) is 0 Å². The fraction of sp³-hybridized carbons (Fsp3) is 0.333. The summed E-state index contributed by atoms with van der Waals surface area (Å²) in [4.78, 5) is 0. The lowest BCUT2D eigenvalue weighted by molar-refractivity contribution is 0.596. The van der Waals surface area contributed by atoms with Gasteiger partial charge in [-0.1, -0.05) is 58.2 Å². The van der Waals surface area contributed by atoms with Crippen LogP contribution in [0.3, 0.4) is 0 Å². The summed E-state index contributed by atoms with van der Waals surface area (Å²) >= 11 is 9.76. The van der Waals surface area contributed by atoms with E-state index >= 15 is 0 Å². The Balaban J connectivity index is 2.46. The first-order chi connectivity index (χ1) is 10.0. The summed E-state index contributed by atoms with van der Waals surface area (Å²) in [6.45, 7) is 7.45. The van der Waals surface area contributed by atoms with Gasteiger partial charge in [0.25, 0.3) is 0 Å². The maximum atomic E-state index is 6.22. The largest absolute Gasteiger partial charge is 0.306 e. The molecular formula is C18H21BrClN. The molecule has 0 aromatic heterocycles. The lowest BCUT2D eigenvalue weighted by Crippen LogP contribution is -2.24. The van der Waals surface area contributed by atoms with Crippen LogP contribution in [-0.4, -0.2) is 6.54 Å². The molecule has 0 saturated heterocycles. The maximum absolute atomic E-state index is 6.22. The van der Waals surface area contributed by atoms with Crippen LogP contribution in [-0.2, 0) is 0 Å². The van der Waals surface area contributed by atoms with Crippen LogP contribution in [0.15, 0.2) is 40.9 Å². The standard InChI is InChI=1S/C18H21BrClN/c1-4-7-21-18(14-9-15(19)11-16(20)10-14)17-6-5-12(2)8-13(17)3/h5-6,8-11,18,21H,4,7H2,1-3H3. The Morgan fingerprint density at radius 1 is 1.14 bits per heavy atom. The molecular weight excluding hydrogens is 346 g/mol. The smallest absolute Gasteiger partial charge is 0.0580 e. The maximum Gasteiger partial charge on any atom is 0.0580 e. The first-order valence-electron chi connectivity index (χ1n) is 7.27. The molecule has 0 aliphatic heterocycles. The van der Waals surface area contributed by atoms with Gasteiger partial charge in [-0.2, -0.15) is 0 Å². The van der Waals surface area contributed by atoms with Crippen LogP contribution in [0.1, 0.15) is 41.6 Å². The molecule has 0 saturated carbocycles. The minimum Gasteiger partial charge on any atom is -0.306 e. The predicted molar refractivity (Wildman–Crippen MR) is 95.2 cm³/mol. The highest BCUT2D eigenvalue weighted by atomic mass is 79.9. The van der Waals surface area contributed by atoms with E-state index in [9.17, 15) is 0 Å². The van der Waals surface area contributed by atoms with Gasteiger partial charge in [0.2, 0.25) is 0 Å². The normalized spacial score (nSPS) is 12.4. The fourth-order valence-electron chi connectivity index (χ4n) is 2.59. The summed E-state index contributed by atoms with van der Waals surface area (Å²) < 4.78 is 1.01. The van der Waals surface area contributed by atoms with Gasteiger partial charge in [0.05, 0.1) is 6.04 Å². The second-order valence-electron chi connectivity index (χ2n) is 5.45. The molecule has 0 fully saturated rings. The van der Waals surface area contributed by atoms with Crippen molar-refractivity contribution in [2.75, 3.05) is 6.54 Å². The van der Waals surface area contributed by atoms with E-state index in [1.807, 2.05) is 12.1 Å². The third-order valence-electron chi connectivity index (χ3n) is 3.55. The third-order valence-corrected chi connectivity index (χ3v) is 4.23. The molecule has 0 bridgehead atoms. The van der Waals surface area contributed by atoms with E-state index in [-0.39, 0.29) is 6.04 Å². The summed E-state index contributed by atoms with van der Waals surface area (Å²) in [7, 11) is 0. The van der Waals surface area contributed by atoms with Gasteiger partial charge >= 0.3 is 0 Å². The monoisotopic (exact) mass is 365 g/mol. The Morgan fingerprint density at radius 2 is 1.90 bits per heavy atom. The molecule has 3 heteroatoms. The van der Waals surface area contributed by atoms with E-state index in [1.54, 1.807) is 0 Å². The Hall–Kier alpha value is -0.830. The van der Waals surface area contributed by atoms with E-state index in [2.05, 4.69) is 66.3 Å². The third kappa shape index (κ3) is 4.32. The van der Waals surface area contributed by atoms with E-state index in [0.717, 1.165) is 22.5 Å². The molecule has 0 heterocycles. The number of hydrogen-bond donors (Lipinski definition) is 1. The highest BCUT2D eigenvalue weighted by molar-refractivity contribution is 9.10. The van der Waals surface area contributed by atoms with Gasteiger partial charge in [0, 0.05) is 9.50 Å². The lowest BCUT2D eigenvalue weighted by Gasteiger charge is -2.22. The van der Waals surface area contributed by atoms with Gasteiger partial charge in [-0.25, -0.2) is 0 Å². The molecule has 0 spiro atoms. The van der Waals surface area contributed by atoms with Crippen LogP contribution >= 0.6 is 27.5 Å². The molecule has 2 aromatic rings. The molecule has 1 N–H and O–H groups in total. The Morgan fingerprint density at radius 3 is 2.52 bits per heavy atom. The number of halogens is 2. The Bertz CT molecular complexity index is 604. The molecule has 0 amide bonds. The number of hydrogen-bond acceptors (Lipinski definition) is 1. The zero-order valence-electron chi connectivity index (χ0n) is 12.7. The van der Waals surface area contributed by atoms with Crippen LogP contribution in [0.25, 0.3) is 0 Å². The molecule has 0 radical (unpaired) electrons. The molecule has 2 aromatic carbocycles. The molecule has 0 aliphatic rings. The van der Waals surface area contributed by atoms with Crippen molar-refractivity contribution >= 4 is 27.5 Å². The second kappa shape index (κ2) is 7.44. The summed E-state index contributed by atoms with van der Waals surface area (Å²) in [5.41, 5.74) is 5.09. The quantitative estimate of drug-likeness (QED) is 0.704. The number of rotatable bonds is 5. The van der Waals surface area contributed by atoms with Crippen LogP contribution in [0.5, 0.6) is 0 Å². The first-order valence-corrected chi connectivity index (χ1v) is 8.45. The van der Waals surface area contributed by atoms with Crippen molar-refractivity contribution in [2.24, 2.45) is 0 Å². The fourth-order valence-corrected chi connectivity index (χ4v) is 3.47. The van der Waals surface area contributed by atoms with Crippen molar-refractivity contribution in [1.29, 1.82) is 0 Å². The number of benzene rings is 2. The minimum absolute atomic E-state index is 0.167. The van der Waals surface area contributed by atoms with Crippen molar-refractivity contribution in [2.45, 2.75) is 33.2 Å². The summed E-state index contributed by atoms with van der Waals surface area (Å²) in [6, 6.07) is 12.9. The van der Waals surface area contributed by atoms with E-state index < -0.39 is 0 Å². The highest BCUT2D eigenvalue weighted by Gasteiger charge is 2.16. The molecule has 1 atom stereocenters. The van der Waals surface area contributed by atoms with Gasteiger partial charge in [-0.05, 0) is 61.7 Å². The van der Waals surface area contributed by atoms with Crippen molar-refractivity contribution < 1.29 is 0 Å². The van der Waals surface area contributed by atoms with Crippen LogP contribution in [0.2, 0.25) is 5.02 Å². The number of aryl methyl sites for hydroxylation is 2. The van der Waals surface area contributed by atoms with Gasteiger partial charge in [0.1, 0.15) is 0 Å². The van der Waals surface area contributed by atoms with Crippen LogP contribution < -0.4 is 5.32 Å². The molecule has 21 heavy (non-hydrogen) atoms. The van der Waals surface area contributed by atoms with E-state index in [0.29, 0.717) is 0 Å². The zero-order chi connectivity index (χ0) is 15.4. The van der Waals surface area contributed by atoms with Gasteiger partial charge in [-0.15, -0.1) is 0 Å². The minimum atomic E-state index is 0.167. The highest BCUT2D eigenvalue weighted by Crippen LogP contribution is 2.30. The van der Waals surface area contributed by atoms with E-state index in [1.165, 1.54) is 22.3 Å². The molecule has 112 valence electrons. The topological polar surface area (TPSA) is 12.0 Å². The predicted octanol–water partition coefficient (Wildman–Crippen LogP) is 5.81. The molecule has 0 aliphatic carbocycles.